The average molecular weight is 362 g/mol. The average Bonchev–Trinajstić information content (AvgIpc) is 2.70. The zero-order valence-electron chi connectivity index (χ0n) is 15.3. The molecule has 0 radical (unpaired) electrons. The van der Waals surface area contributed by atoms with Crippen molar-refractivity contribution in [3.8, 4) is 0 Å². The smallest absolute Gasteiger partial charge is 0.267 e. The van der Waals surface area contributed by atoms with Crippen LogP contribution in [0.5, 0.6) is 0 Å². The molecule has 2 aromatic carbocycles. The summed E-state index contributed by atoms with van der Waals surface area (Å²) < 4.78 is 0. The van der Waals surface area contributed by atoms with Gasteiger partial charge in [0, 0.05) is 17.3 Å². The van der Waals surface area contributed by atoms with Crippen LogP contribution in [0.15, 0.2) is 58.3 Å². The Morgan fingerprint density at radius 3 is 2.44 bits per heavy atom. The summed E-state index contributed by atoms with van der Waals surface area (Å²) in [5.41, 5.74) is 8.22. The highest BCUT2D eigenvalue weighted by molar-refractivity contribution is 5.90. The van der Waals surface area contributed by atoms with Crippen LogP contribution >= 0.6 is 0 Å². The third kappa shape index (κ3) is 4.19. The molecule has 1 amide bonds. The molecule has 0 bridgehead atoms. The van der Waals surface area contributed by atoms with Gasteiger partial charge in [-0.25, -0.2) is 0 Å². The van der Waals surface area contributed by atoms with Crippen LogP contribution in [0.1, 0.15) is 52.0 Å². The summed E-state index contributed by atoms with van der Waals surface area (Å²) in [6.45, 7) is 2.07. The predicted molar refractivity (Wildman–Crippen MR) is 105 cm³/mol. The predicted octanol–water partition coefficient (Wildman–Crippen LogP) is 2.30. The normalized spacial score (nSPS) is 12.2. The third-order valence-corrected chi connectivity index (χ3v) is 4.97. The monoisotopic (exact) mass is 362 g/mol. The highest BCUT2D eigenvalue weighted by atomic mass is 16.2. The number of carbonyl (C=O) groups excluding carboxylic acids is 1. The van der Waals surface area contributed by atoms with Crippen LogP contribution in [0, 0.1) is 0 Å². The molecule has 0 saturated carbocycles. The maximum Gasteiger partial charge on any atom is 0.267 e. The quantitative estimate of drug-likeness (QED) is 0.623. The molecule has 2 N–H and O–H groups in total. The molecule has 3 aromatic rings. The Kier molecular flexibility index (Phi) is 5.60. The zero-order chi connectivity index (χ0) is 19.4. The van der Waals surface area contributed by atoms with Crippen molar-refractivity contribution in [1.82, 2.24) is 4.98 Å². The molecule has 0 aliphatic carbocycles. The number of aromatic nitrogens is 1. The molecule has 5 heteroatoms. The van der Waals surface area contributed by atoms with Gasteiger partial charge in [0.25, 0.3) is 5.91 Å². The highest BCUT2D eigenvalue weighted by Crippen LogP contribution is 2.21. The fourth-order valence-electron chi connectivity index (χ4n) is 3.41. The first-order valence-corrected chi connectivity index (χ1v) is 9.08. The number of rotatable bonds is 8. The van der Waals surface area contributed by atoms with Gasteiger partial charge in [0.2, 0.25) is 10.9 Å². The first kappa shape index (κ1) is 18.7. The fourth-order valence-corrected chi connectivity index (χ4v) is 3.41. The van der Waals surface area contributed by atoms with Crippen molar-refractivity contribution in [3.05, 3.63) is 97.1 Å². The molecule has 0 unspecified atom stereocenters. The molecule has 0 spiro atoms. The summed E-state index contributed by atoms with van der Waals surface area (Å²) in [7, 11) is 0. The summed E-state index contributed by atoms with van der Waals surface area (Å²) in [4.78, 5) is 39.1. The number of aryl methyl sites for hydroxylation is 1. The number of nitrogens with zero attached hydrogens (tertiary/aromatic N) is 1. The van der Waals surface area contributed by atoms with Crippen molar-refractivity contribution in [2.24, 2.45) is 5.73 Å². The molecular formula is C22H22N2O3. The van der Waals surface area contributed by atoms with Crippen LogP contribution in [-0.2, 0) is 19.3 Å². The molecule has 3 rings (SSSR count). The summed E-state index contributed by atoms with van der Waals surface area (Å²) in [5.74, 6) is -0.372. The van der Waals surface area contributed by atoms with Crippen molar-refractivity contribution in [2.45, 2.75) is 38.5 Å². The van der Waals surface area contributed by atoms with Crippen molar-refractivity contribution in [1.29, 1.82) is 0 Å². The van der Waals surface area contributed by atoms with Gasteiger partial charge in [-0.15, -0.1) is 0 Å². The van der Waals surface area contributed by atoms with E-state index in [-0.39, 0.29) is 22.5 Å². The summed E-state index contributed by atoms with van der Waals surface area (Å²) in [6, 6.07) is 13.5. The molecule has 27 heavy (non-hydrogen) atoms. The van der Waals surface area contributed by atoms with Gasteiger partial charge < -0.3 is 5.73 Å². The summed E-state index contributed by atoms with van der Waals surface area (Å²) in [5, 5.41) is 0. The van der Waals surface area contributed by atoms with E-state index in [1.54, 1.807) is 12.3 Å². The number of benzene rings is 1. The number of hydrogen-bond donors (Lipinski definition) is 1. The van der Waals surface area contributed by atoms with Crippen LogP contribution in [0.3, 0.4) is 0 Å². The Morgan fingerprint density at radius 2 is 1.74 bits per heavy atom. The largest absolute Gasteiger partial charge is 0.364 e. The van der Waals surface area contributed by atoms with Gasteiger partial charge in [0.05, 0.1) is 0 Å². The van der Waals surface area contributed by atoms with Gasteiger partial charge in [0.1, 0.15) is 5.69 Å². The molecule has 0 aliphatic rings. The van der Waals surface area contributed by atoms with E-state index >= 15 is 0 Å². The molecule has 0 aliphatic heterocycles. The summed E-state index contributed by atoms with van der Waals surface area (Å²) in [6.07, 6.45) is 4.12. The second-order valence-corrected chi connectivity index (χ2v) is 6.90. The van der Waals surface area contributed by atoms with Gasteiger partial charge in [0.15, 0.2) is 0 Å². The lowest BCUT2D eigenvalue weighted by molar-refractivity contribution is 0.0995. The fraction of sp³-hybridized carbons (Fsp3) is 0.273. The Morgan fingerprint density at radius 1 is 1.04 bits per heavy atom. The van der Waals surface area contributed by atoms with E-state index < -0.39 is 5.91 Å². The molecule has 1 heterocycles. The molecule has 1 atom stereocenters. The minimum absolute atomic E-state index is 0.187. The van der Waals surface area contributed by atoms with Crippen LogP contribution < -0.4 is 16.6 Å². The Labute approximate surface area is 157 Å². The van der Waals surface area contributed by atoms with E-state index in [0.717, 1.165) is 17.5 Å². The van der Waals surface area contributed by atoms with E-state index in [0.29, 0.717) is 30.4 Å². The Bertz CT molecular complexity index is 1020. The number of pyridine rings is 1. The van der Waals surface area contributed by atoms with Crippen LogP contribution in [0.25, 0.3) is 0 Å². The van der Waals surface area contributed by atoms with Crippen molar-refractivity contribution in [3.63, 3.8) is 0 Å². The minimum atomic E-state index is -0.559. The number of nitrogens with two attached hydrogens (primary N) is 1. The second kappa shape index (κ2) is 8.08. The van der Waals surface area contributed by atoms with E-state index in [1.165, 1.54) is 0 Å². The zero-order valence-corrected chi connectivity index (χ0v) is 15.3. The lowest BCUT2D eigenvalue weighted by Gasteiger charge is -2.16. The molecule has 1 aromatic heterocycles. The third-order valence-electron chi connectivity index (χ3n) is 4.97. The van der Waals surface area contributed by atoms with Gasteiger partial charge in [-0.2, -0.15) is 0 Å². The standard InChI is InChI=1S/C22H22N2O3/c1-14(16-7-3-2-4-8-16)12-18-17(20(25)21(18)26)9-5-6-15-10-11-24-19(13-15)22(23)27/h2-4,7-8,10-11,13-14H,5-6,9,12H2,1H3,(H2,23,27)/t14-/m0/s1. The van der Waals surface area contributed by atoms with E-state index in [1.807, 2.05) is 36.4 Å². The van der Waals surface area contributed by atoms with Crippen molar-refractivity contribution < 1.29 is 4.79 Å². The number of primary amides is 1. The highest BCUT2D eigenvalue weighted by Gasteiger charge is 2.22. The van der Waals surface area contributed by atoms with Gasteiger partial charge in [-0.1, -0.05) is 37.3 Å². The molecular weight excluding hydrogens is 340 g/mol. The Hall–Kier alpha value is -3.08. The number of hydrogen-bond acceptors (Lipinski definition) is 4. The second-order valence-electron chi connectivity index (χ2n) is 6.90. The maximum atomic E-state index is 12.0. The Balaban J connectivity index is 1.64. The topological polar surface area (TPSA) is 90.1 Å². The summed E-state index contributed by atoms with van der Waals surface area (Å²) >= 11 is 0. The van der Waals surface area contributed by atoms with Crippen molar-refractivity contribution in [2.75, 3.05) is 0 Å². The number of amides is 1. The molecule has 138 valence electrons. The molecule has 5 nitrogen and oxygen atoms in total. The lowest BCUT2D eigenvalue weighted by atomic mass is 9.86. The number of carbonyl (C=O) groups is 1. The van der Waals surface area contributed by atoms with Gasteiger partial charge in [-0.3, -0.25) is 19.4 Å². The van der Waals surface area contributed by atoms with Gasteiger partial charge in [-0.05, 0) is 54.9 Å². The van der Waals surface area contributed by atoms with Crippen LogP contribution in [-0.4, -0.2) is 10.9 Å². The van der Waals surface area contributed by atoms with Crippen LogP contribution in [0.4, 0.5) is 0 Å². The van der Waals surface area contributed by atoms with Crippen LogP contribution in [0.2, 0.25) is 0 Å². The molecule has 0 saturated heterocycles. The molecule has 0 fully saturated rings. The van der Waals surface area contributed by atoms with E-state index in [9.17, 15) is 14.4 Å². The lowest BCUT2D eigenvalue weighted by Crippen LogP contribution is -2.40. The van der Waals surface area contributed by atoms with E-state index in [2.05, 4.69) is 11.9 Å². The minimum Gasteiger partial charge on any atom is -0.364 e. The van der Waals surface area contributed by atoms with Gasteiger partial charge >= 0.3 is 0 Å². The van der Waals surface area contributed by atoms with E-state index in [4.69, 9.17) is 5.73 Å². The SMILES string of the molecule is C[C@@H](Cc1c(CCCc2ccnc(C(N)=O)c2)c(=O)c1=O)c1ccccc1. The first-order valence-electron chi connectivity index (χ1n) is 9.08. The first-order chi connectivity index (χ1) is 13.0. The maximum absolute atomic E-state index is 12.0. The van der Waals surface area contributed by atoms with Crippen molar-refractivity contribution >= 4 is 5.91 Å².